The minimum absolute atomic E-state index is 0.0111. The largest absolute Gasteiger partial charge is 0.287 e. The fourth-order valence-corrected chi connectivity index (χ4v) is 8.38. The topological polar surface area (TPSA) is 93.5 Å². The summed E-state index contributed by atoms with van der Waals surface area (Å²) in [6.07, 6.45) is 1.73. The van der Waals surface area contributed by atoms with Gasteiger partial charge in [0, 0.05) is 29.1 Å². The van der Waals surface area contributed by atoms with Crippen LogP contribution in [0.5, 0.6) is 0 Å². The number of hydrogen-bond donors (Lipinski definition) is 0. The third-order valence-corrected chi connectivity index (χ3v) is 11.1. The molecular weight excluding hydrogens is 592 g/mol. The van der Waals surface area contributed by atoms with Crippen LogP contribution in [0.3, 0.4) is 0 Å². The zero-order chi connectivity index (χ0) is 29.5. The number of aromatic nitrogens is 1. The number of Topliss-reactive ketones (excluding diaryl/α,β-unsaturated/α-hetero) is 1. The second kappa shape index (κ2) is 11.0. The van der Waals surface area contributed by atoms with Crippen LogP contribution in [0.2, 0.25) is 5.02 Å². The average molecular weight is 617 g/mol. The van der Waals surface area contributed by atoms with E-state index in [2.05, 4.69) is 0 Å². The molecule has 0 atom stereocenters. The highest BCUT2D eigenvalue weighted by atomic mass is 35.5. The smallest absolute Gasteiger partial charge is 0.268 e. The van der Waals surface area contributed by atoms with Crippen LogP contribution in [0.4, 0.5) is 0 Å². The maximum atomic E-state index is 14.5. The Morgan fingerprint density at radius 3 is 1.90 bits per heavy atom. The van der Waals surface area contributed by atoms with Crippen molar-refractivity contribution in [1.29, 1.82) is 0 Å². The summed E-state index contributed by atoms with van der Waals surface area (Å²) in [5.41, 5.74) is 1.59. The first-order chi connectivity index (χ1) is 20.2. The number of carbonyl (C=O) groups is 1. The standard InChI is InChI=1S/C32H25ClN2O5S2/c33-25-17-15-23(16-18-25)21-24-22-34(41(37,38)26-9-3-1-4-10-26)20-19-29-28-13-7-8-14-30(28)35(31(29)32(24)36)42(39,40)27-11-5-2-6-12-27/h1-18,21H,19-20,22H2/b24-21+. The SMILES string of the molecule is O=C1/C(=C/c2ccc(Cl)cc2)CN(S(=O)(=O)c2ccccc2)CCc2c1n(S(=O)(=O)c1ccccc1)c1ccccc21. The number of fused-ring (bicyclic) bond motifs is 3. The third-order valence-electron chi connectivity index (χ3n) is 7.27. The molecule has 0 fully saturated rings. The molecule has 5 aromatic rings. The Morgan fingerprint density at radius 2 is 1.26 bits per heavy atom. The summed E-state index contributed by atoms with van der Waals surface area (Å²) in [4.78, 5) is 14.7. The van der Waals surface area contributed by atoms with Gasteiger partial charge in [-0.25, -0.2) is 20.8 Å². The summed E-state index contributed by atoms with van der Waals surface area (Å²) >= 11 is 6.08. The van der Waals surface area contributed by atoms with Gasteiger partial charge in [-0.3, -0.25) is 4.79 Å². The van der Waals surface area contributed by atoms with Gasteiger partial charge in [-0.2, -0.15) is 4.31 Å². The minimum Gasteiger partial charge on any atom is -0.287 e. The number of para-hydroxylation sites is 1. The van der Waals surface area contributed by atoms with Crippen LogP contribution in [0.25, 0.3) is 17.0 Å². The fourth-order valence-electron chi connectivity index (χ4n) is 5.25. The van der Waals surface area contributed by atoms with E-state index in [0.29, 0.717) is 27.1 Å². The van der Waals surface area contributed by atoms with Crippen LogP contribution >= 0.6 is 11.6 Å². The Labute approximate surface area is 249 Å². The Kier molecular flexibility index (Phi) is 7.36. The monoisotopic (exact) mass is 616 g/mol. The molecule has 0 radical (unpaired) electrons. The summed E-state index contributed by atoms with van der Waals surface area (Å²) in [7, 11) is -8.18. The third kappa shape index (κ3) is 4.98. The number of ketones is 1. The number of rotatable bonds is 5. The van der Waals surface area contributed by atoms with Gasteiger partial charge in [0.1, 0.15) is 5.69 Å². The molecule has 1 aliphatic heterocycles. The van der Waals surface area contributed by atoms with Gasteiger partial charge in [0.15, 0.2) is 0 Å². The summed E-state index contributed by atoms with van der Waals surface area (Å²) in [6.45, 7) is -0.208. The van der Waals surface area contributed by atoms with E-state index in [1.165, 1.54) is 28.6 Å². The molecule has 1 aromatic heterocycles. The van der Waals surface area contributed by atoms with Crippen molar-refractivity contribution in [3.05, 3.63) is 137 Å². The second-order valence-electron chi connectivity index (χ2n) is 9.88. The molecule has 0 unspecified atom stereocenters. The lowest BCUT2D eigenvalue weighted by atomic mass is 9.97. The fraction of sp³-hybridized carbons (Fsp3) is 0.0938. The summed E-state index contributed by atoms with van der Waals surface area (Å²) in [5, 5.41) is 1.08. The Morgan fingerprint density at radius 1 is 0.690 bits per heavy atom. The van der Waals surface area contributed by atoms with E-state index in [9.17, 15) is 21.6 Å². The highest BCUT2D eigenvalue weighted by molar-refractivity contribution is 7.90. The Balaban J connectivity index is 1.61. The minimum atomic E-state index is -4.19. The molecule has 6 rings (SSSR count). The number of nitrogens with zero attached hydrogens (tertiary/aromatic N) is 2. The maximum absolute atomic E-state index is 14.5. The van der Waals surface area contributed by atoms with Gasteiger partial charge in [0.2, 0.25) is 15.8 Å². The van der Waals surface area contributed by atoms with Gasteiger partial charge in [0.05, 0.1) is 15.3 Å². The van der Waals surface area contributed by atoms with Crippen LogP contribution in [-0.2, 0) is 26.5 Å². The maximum Gasteiger partial charge on any atom is 0.268 e. The van der Waals surface area contributed by atoms with Crippen molar-refractivity contribution in [2.24, 2.45) is 0 Å². The van der Waals surface area contributed by atoms with Crippen molar-refractivity contribution in [2.75, 3.05) is 13.1 Å². The highest BCUT2D eigenvalue weighted by Gasteiger charge is 2.36. The lowest BCUT2D eigenvalue weighted by molar-refractivity contribution is 0.102. The molecule has 42 heavy (non-hydrogen) atoms. The molecule has 0 saturated heterocycles. The second-order valence-corrected chi connectivity index (χ2v) is 14.0. The van der Waals surface area contributed by atoms with Gasteiger partial charge in [0.25, 0.3) is 10.0 Å². The first-order valence-electron chi connectivity index (χ1n) is 13.2. The van der Waals surface area contributed by atoms with E-state index in [0.717, 1.165) is 3.97 Å². The van der Waals surface area contributed by atoms with Crippen molar-refractivity contribution < 1.29 is 21.6 Å². The van der Waals surface area contributed by atoms with Crippen LogP contribution in [-0.4, -0.2) is 44.0 Å². The summed E-state index contributed by atoms with van der Waals surface area (Å²) in [5.74, 6) is -0.566. The zero-order valence-electron chi connectivity index (χ0n) is 22.2. The van der Waals surface area contributed by atoms with Crippen LogP contribution in [0.1, 0.15) is 21.6 Å². The van der Waals surface area contributed by atoms with E-state index in [-0.39, 0.29) is 40.6 Å². The number of sulfonamides is 1. The van der Waals surface area contributed by atoms with Crippen LogP contribution in [0, 0.1) is 0 Å². The zero-order valence-corrected chi connectivity index (χ0v) is 24.6. The first kappa shape index (κ1) is 28.1. The number of carbonyl (C=O) groups excluding carboxylic acids is 1. The van der Waals surface area contributed by atoms with E-state index >= 15 is 0 Å². The molecule has 0 amide bonds. The lowest BCUT2D eigenvalue weighted by Crippen LogP contribution is -2.38. The Bertz CT molecular complexity index is 2050. The molecule has 0 saturated carbocycles. The van der Waals surface area contributed by atoms with E-state index in [1.807, 2.05) is 0 Å². The van der Waals surface area contributed by atoms with Gasteiger partial charge < -0.3 is 0 Å². The molecule has 0 spiro atoms. The molecule has 0 bridgehead atoms. The van der Waals surface area contributed by atoms with E-state index in [1.54, 1.807) is 91.0 Å². The van der Waals surface area contributed by atoms with Crippen LogP contribution < -0.4 is 0 Å². The predicted octanol–water partition coefficient (Wildman–Crippen LogP) is 6.05. The van der Waals surface area contributed by atoms with Crippen molar-refractivity contribution in [3.63, 3.8) is 0 Å². The molecular formula is C32H25ClN2O5S2. The quantitative estimate of drug-likeness (QED) is 0.224. The molecule has 4 aromatic carbocycles. The molecule has 212 valence electrons. The van der Waals surface area contributed by atoms with Gasteiger partial charge in [-0.05, 0) is 66.1 Å². The number of hydrogen-bond acceptors (Lipinski definition) is 5. The highest BCUT2D eigenvalue weighted by Crippen LogP contribution is 2.35. The normalized spacial score (nSPS) is 15.8. The predicted molar refractivity (Wildman–Crippen MR) is 164 cm³/mol. The molecule has 0 N–H and O–H groups in total. The van der Waals surface area contributed by atoms with Crippen LogP contribution in [0.15, 0.2) is 125 Å². The summed E-state index contributed by atoms with van der Waals surface area (Å²) in [6, 6.07) is 29.7. The van der Waals surface area contributed by atoms with Crippen molar-refractivity contribution in [3.8, 4) is 0 Å². The van der Waals surface area contributed by atoms with E-state index < -0.39 is 25.8 Å². The molecule has 1 aliphatic rings. The molecule has 2 heterocycles. The van der Waals surface area contributed by atoms with Crippen molar-refractivity contribution in [2.45, 2.75) is 16.2 Å². The van der Waals surface area contributed by atoms with Crippen molar-refractivity contribution in [1.82, 2.24) is 8.28 Å². The Hall–Kier alpha value is -4.02. The van der Waals surface area contributed by atoms with Crippen molar-refractivity contribution >= 4 is 54.4 Å². The van der Waals surface area contributed by atoms with Gasteiger partial charge >= 0.3 is 0 Å². The molecule has 7 nitrogen and oxygen atoms in total. The molecule has 10 heteroatoms. The van der Waals surface area contributed by atoms with E-state index in [4.69, 9.17) is 11.6 Å². The summed E-state index contributed by atoms with van der Waals surface area (Å²) < 4.78 is 58.2. The van der Waals surface area contributed by atoms with Gasteiger partial charge in [-0.1, -0.05) is 78.3 Å². The number of benzene rings is 4. The molecule has 0 aliphatic carbocycles. The lowest BCUT2D eigenvalue weighted by Gasteiger charge is -2.26. The number of halogens is 1. The first-order valence-corrected chi connectivity index (χ1v) is 16.4. The average Bonchev–Trinajstić information content (AvgIpc) is 3.34. The van der Waals surface area contributed by atoms with Gasteiger partial charge in [-0.15, -0.1) is 0 Å².